The maximum Gasteiger partial charge on any atom is 0.573 e. The first kappa shape index (κ1) is 25.2. The van der Waals surface area contributed by atoms with E-state index in [1.165, 1.54) is 16.7 Å². The first-order valence-corrected chi connectivity index (χ1v) is 10.9. The summed E-state index contributed by atoms with van der Waals surface area (Å²) in [5, 5.41) is 10.1. The lowest BCUT2D eigenvalue weighted by molar-refractivity contribution is -0.275. The molecule has 0 atom stereocenters. The summed E-state index contributed by atoms with van der Waals surface area (Å²) in [5.74, 6) is -2.86. The highest BCUT2D eigenvalue weighted by molar-refractivity contribution is 6.38. The second kappa shape index (κ2) is 9.62. The molecule has 4 rings (SSSR count). The predicted octanol–water partition coefficient (Wildman–Crippen LogP) is 7.60. The lowest BCUT2D eigenvalue weighted by Gasteiger charge is -2.13. The molecule has 11 heteroatoms. The first-order chi connectivity index (χ1) is 16.9. The van der Waals surface area contributed by atoms with Crippen LogP contribution in [0.2, 0.25) is 5.02 Å². The molecule has 4 aromatic rings. The molecule has 0 aliphatic carbocycles. The van der Waals surface area contributed by atoms with Crippen LogP contribution in [0.4, 0.5) is 17.6 Å². The summed E-state index contributed by atoms with van der Waals surface area (Å²) >= 11 is 6.42. The van der Waals surface area contributed by atoms with Gasteiger partial charge >= 0.3 is 12.3 Å². The molecule has 188 valence electrons. The van der Waals surface area contributed by atoms with E-state index in [4.69, 9.17) is 21.1 Å². The number of fused-ring (bicyclic) bond motifs is 1. The van der Waals surface area contributed by atoms with Crippen molar-refractivity contribution < 1.29 is 41.7 Å². The minimum atomic E-state index is -5.04. The summed E-state index contributed by atoms with van der Waals surface area (Å²) < 4.78 is 67.4. The van der Waals surface area contributed by atoms with Crippen LogP contribution in [-0.4, -0.2) is 28.1 Å². The Morgan fingerprint density at radius 2 is 1.58 bits per heavy atom. The number of aromatic nitrogens is 1. The van der Waals surface area contributed by atoms with Gasteiger partial charge in [-0.3, -0.25) is 0 Å². The molecule has 36 heavy (non-hydrogen) atoms. The fraction of sp³-hybridized carbons (Fsp3) is 0.160. The maximum atomic E-state index is 14.0. The van der Waals surface area contributed by atoms with Crippen LogP contribution in [0.1, 0.15) is 24.3 Å². The summed E-state index contributed by atoms with van der Waals surface area (Å²) in [6, 6.07) is 13.9. The Balaban J connectivity index is 1.70. The molecule has 0 bridgehead atoms. The zero-order chi connectivity index (χ0) is 26.2. The molecule has 1 aromatic heterocycles. The number of rotatable bonds is 7. The zero-order valence-corrected chi connectivity index (χ0v) is 19.5. The van der Waals surface area contributed by atoms with Crippen LogP contribution in [0.25, 0.3) is 16.6 Å². The molecule has 0 aliphatic rings. The van der Waals surface area contributed by atoms with E-state index in [9.17, 15) is 27.5 Å². The molecular weight excluding hydrogens is 506 g/mol. The summed E-state index contributed by atoms with van der Waals surface area (Å²) in [7, 11) is 0. The molecule has 0 saturated carbocycles. The third-order valence-corrected chi connectivity index (χ3v) is 5.29. The number of carboxylic acid groups (broad SMARTS) is 1. The van der Waals surface area contributed by atoms with Gasteiger partial charge in [0.05, 0.1) is 16.6 Å². The van der Waals surface area contributed by atoms with E-state index in [1.807, 2.05) is 13.8 Å². The van der Waals surface area contributed by atoms with Crippen molar-refractivity contribution in [3.8, 4) is 28.7 Å². The lowest BCUT2D eigenvalue weighted by Crippen LogP contribution is -2.17. The van der Waals surface area contributed by atoms with Crippen LogP contribution in [0.15, 0.2) is 60.7 Å². The Labute approximate surface area is 207 Å². The number of halogens is 5. The second-order valence-corrected chi connectivity index (χ2v) is 8.26. The zero-order valence-electron chi connectivity index (χ0n) is 18.8. The van der Waals surface area contributed by atoms with Crippen LogP contribution in [0, 0.1) is 5.82 Å². The molecule has 1 N–H and O–H groups in total. The molecule has 0 unspecified atom stereocenters. The molecule has 3 aromatic carbocycles. The minimum Gasteiger partial charge on any atom is -0.491 e. The summed E-state index contributed by atoms with van der Waals surface area (Å²) in [4.78, 5) is 12.0. The van der Waals surface area contributed by atoms with Gasteiger partial charge in [-0.25, -0.2) is 9.18 Å². The van der Waals surface area contributed by atoms with Crippen molar-refractivity contribution in [3.63, 3.8) is 0 Å². The molecule has 0 radical (unpaired) electrons. The second-order valence-electron chi connectivity index (χ2n) is 7.88. The van der Waals surface area contributed by atoms with Gasteiger partial charge in [-0.15, -0.1) is 13.2 Å². The number of carbonyl (C=O) groups is 1. The number of carboxylic acids is 1. The van der Waals surface area contributed by atoms with E-state index in [1.54, 1.807) is 30.3 Å². The number of alkyl halides is 3. The van der Waals surface area contributed by atoms with Crippen molar-refractivity contribution in [1.82, 2.24) is 4.57 Å². The SMILES string of the molecule is CC(C)Oc1ccc(-n2c(C(=O)O)c(Cl)c3cc(Oc4ccc(OC(F)(F)F)c(F)c4)ccc32)cc1. The van der Waals surface area contributed by atoms with Gasteiger partial charge in [0.1, 0.15) is 17.2 Å². The normalized spacial score (nSPS) is 11.7. The lowest BCUT2D eigenvalue weighted by atomic mass is 10.2. The Kier molecular flexibility index (Phi) is 6.73. The highest BCUT2D eigenvalue weighted by Gasteiger charge is 2.32. The summed E-state index contributed by atoms with van der Waals surface area (Å²) in [6.45, 7) is 3.77. The minimum absolute atomic E-state index is 0.0347. The van der Waals surface area contributed by atoms with Crippen molar-refractivity contribution >= 4 is 28.5 Å². The van der Waals surface area contributed by atoms with E-state index in [0.29, 0.717) is 22.3 Å². The summed E-state index contributed by atoms with van der Waals surface area (Å²) in [5.41, 5.74) is 0.805. The highest BCUT2D eigenvalue weighted by Crippen LogP contribution is 2.37. The van der Waals surface area contributed by atoms with Gasteiger partial charge in [-0.05, 0) is 68.4 Å². The van der Waals surface area contributed by atoms with E-state index in [0.717, 1.165) is 18.2 Å². The fourth-order valence-corrected chi connectivity index (χ4v) is 3.90. The van der Waals surface area contributed by atoms with E-state index >= 15 is 0 Å². The molecule has 0 spiro atoms. The van der Waals surface area contributed by atoms with Crippen LogP contribution in [0.3, 0.4) is 0 Å². The fourth-order valence-electron chi connectivity index (χ4n) is 3.59. The number of hydrogen-bond donors (Lipinski definition) is 1. The van der Waals surface area contributed by atoms with Gasteiger partial charge in [-0.1, -0.05) is 11.6 Å². The third kappa shape index (κ3) is 5.33. The largest absolute Gasteiger partial charge is 0.573 e. The van der Waals surface area contributed by atoms with Crippen molar-refractivity contribution in [2.24, 2.45) is 0 Å². The van der Waals surface area contributed by atoms with E-state index in [2.05, 4.69) is 4.74 Å². The molecule has 0 saturated heterocycles. The van der Waals surface area contributed by atoms with Crippen molar-refractivity contribution in [3.05, 3.63) is 77.2 Å². The summed E-state index contributed by atoms with van der Waals surface area (Å²) in [6.07, 6.45) is -5.07. The molecule has 1 heterocycles. The maximum absolute atomic E-state index is 14.0. The highest BCUT2D eigenvalue weighted by atomic mass is 35.5. The smallest absolute Gasteiger partial charge is 0.491 e. The van der Waals surface area contributed by atoms with Crippen LogP contribution in [0.5, 0.6) is 23.0 Å². The van der Waals surface area contributed by atoms with E-state index < -0.39 is 23.9 Å². The van der Waals surface area contributed by atoms with Gasteiger partial charge in [0, 0.05) is 17.1 Å². The average molecular weight is 524 g/mol. The monoisotopic (exact) mass is 523 g/mol. The van der Waals surface area contributed by atoms with Crippen molar-refractivity contribution in [2.75, 3.05) is 0 Å². The van der Waals surface area contributed by atoms with Crippen LogP contribution in [-0.2, 0) is 0 Å². The van der Waals surface area contributed by atoms with Gasteiger partial charge in [0.2, 0.25) is 0 Å². The van der Waals surface area contributed by atoms with Gasteiger partial charge in [0.25, 0.3) is 0 Å². The number of aromatic carboxylic acids is 1. The Morgan fingerprint density at radius 3 is 2.17 bits per heavy atom. The number of benzene rings is 3. The Morgan fingerprint density at radius 1 is 0.972 bits per heavy atom. The molecule has 0 fully saturated rings. The van der Waals surface area contributed by atoms with E-state index in [-0.39, 0.29) is 28.3 Å². The topological polar surface area (TPSA) is 69.9 Å². The van der Waals surface area contributed by atoms with Gasteiger partial charge in [0.15, 0.2) is 17.3 Å². The van der Waals surface area contributed by atoms with Gasteiger partial charge in [-0.2, -0.15) is 0 Å². The first-order valence-electron chi connectivity index (χ1n) is 10.5. The quantitative estimate of drug-likeness (QED) is 0.253. The molecule has 6 nitrogen and oxygen atoms in total. The standard InChI is InChI=1S/C25H18ClF4NO5/c1-13(2)34-15-5-3-14(4-6-15)31-20-9-7-16(11-18(20)22(26)23(31)24(32)33)35-17-8-10-21(19(27)12-17)36-25(28,29)30/h3-13H,1-2H3,(H,32,33). The molecule has 0 amide bonds. The molecule has 0 aliphatic heterocycles. The van der Waals surface area contributed by atoms with Crippen LogP contribution < -0.4 is 14.2 Å². The number of ether oxygens (including phenoxy) is 3. The Bertz CT molecular complexity index is 1430. The Hall–Kier alpha value is -3.92. The third-order valence-electron chi connectivity index (χ3n) is 4.91. The average Bonchev–Trinajstić information content (AvgIpc) is 3.07. The number of nitrogens with zero attached hydrogens (tertiary/aromatic N) is 1. The number of hydrogen-bond acceptors (Lipinski definition) is 4. The van der Waals surface area contributed by atoms with Crippen LogP contribution >= 0.6 is 11.6 Å². The predicted molar refractivity (Wildman–Crippen MR) is 124 cm³/mol. The van der Waals surface area contributed by atoms with Crippen molar-refractivity contribution in [1.29, 1.82) is 0 Å². The molecular formula is C25H18ClF4NO5. The van der Waals surface area contributed by atoms with Gasteiger partial charge < -0.3 is 23.9 Å². The van der Waals surface area contributed by atoms with Crippen molar-refractivity contribution in [2.45, 2.75) is 26.3 Å².